The predicted octanol–water partition coefficient (Wildman–Crippen LogP) is 4.49. The van der Waals surface area contributed by atoms with Crippen molar-refractivity contribution >= 4 is 16.7 Å². The molecule has 2 aromatic carbocycles. The van der Waals surface area contributed by atoms with Crippen LogP contribution in [0.25, 0.3) is 21.9 Å². The van der Waals surface area contributed by atoms with E-state index in [4.69, 9.17) is 9.84 Å². The second-order valence-electron chi connectivity index (χ2n) is 9.20. The number of carbonyl (C=O) groups is 1. The number of aliphatic hydroxyl groups is 1. The van der Waals surface area contributed by atoms with E-state index in [2.05, 4.69) is 18.9 Å². The number of pyridine rings is 1. The highest BCUT2D eigenvalue weighted by molar-refractivity contribution is 6.00. The van der Waals surface area contributed by atoms with E-state index >= 15 is 0 Å². The minimum Gasteiger partial charge on any atom is -0.493 e. The summed E-state index contributed by atoms with van der Waals surface area (Å²) in [5.41, 5.74) is 3.59. The van der Waals surface area contributed by atoms with Crippen LogP contribution in [0.15, 0.2) is 41.2 Å². The second kappa shape index (κ2) is 11.0. The molecule has 1 aliphatic rings. The lowest BCUT2D eigenvalue weighted by atomic mass is 9.92. The van der Waals surface area contributed by atoms with Crippen LogP contribution in [-0.4, -0.2) is 33.0 Å². The number of benzene rings is 2. The van der Waals surface area contributed by atoms with Crippen molar-refractivity contribution in [2.75, 3.05) is 6.61 Å². The smallest absolute Gasteiger partial charge is 0.309 e. The molecule has 2 heterocycles. The second-order valence-corrected chi connectivity index (χ2v) is 9.20. The van der Waals surface area contributed by atoms with Gasteiger partial charge in [0.25, 0.3) is 5.56 Å². The van der Waals surface area contributed by atoms with Gasteiger partial charge in [0, 0.05) is 18.3 Å². The Hall–Kier alpha value is -3.56. The van der Waals surface area contributed by atoms with Crippen molar-refractivity contribution in [3.63, 3.8) is 0 Å². The molecule has 1 aromatic heterocycles. The molecule has 0 fully saturated rings. The number of nitrogens with zero attached hydrogens (tertiary/aromatic N) is 1. The molecule has 0 saturated carbocycles. The molecule has 4 rings (SSSR count). The number of fused-ring (bicyclic) bond motifs is 2. The standard InChI is InChI=1S/C22H21NO4.C4H10O.C2H2/c1-13-5-3-7-16-20(13)22(26)23(2)17(12-19(24)25)21(16)15-8-9-18-14(11-15)6-4-10-27-18;1-4(2,3)5;1-2/h3,5,7-9,11H,4,6,10,12H2,1-2H3,(H,24,25);5H,1-3H3;1-2H. The highest BCUT2D eigenvalue weighted by Gasteiger charge is 2.21. The van der Waals surface area contributed by atoms with Crippen molar-refractivity contribution in [1.29, 1.82) is 0 Å². The molecular weight excluding hydrogens is 430 g/mol. The number of hydrogen-bond donors (Lipinski definition) is 2. The molecule has 0 radical (unpaired) electrons. The highest BCUT2D eigenvalue weighted by Crippen LogP contribution is 2.35. The van der Waals surface area contributed by atoms with Crippen LogP contribution in [0.4, 0.5) is 0 Å². The number of aliphatic carboxylic acids is 1. The van der Waals surface area contributed by atoms with Gasteiger partial charge in [-0.15, -0.1) is 12.8 Å². The van der Waals surface area contributed by atoms with Crippen LogP contribution >= 0.6 is 0 Å². The van der Waals surface area contributed by atoms with Gasteiger partial charge in [-0.3, -0.25) is 9.59 Å². The van der Waals surface area contributed by atoms with E-state index in [0.29, 0.717) is 11.1 Å². The summed E-state index contributed by atoms with van der Waals surface area (Å²) in [7, 11) is 1.65. The number of carboxylic acids is 1. The zero-order valence-electron chi connectivity index (χ0n) is 20.5. The Labute approximate surface area is 200 Å². The number of aryl methyl sites for hydroxylation is 2. The molecule has 1 aliphatic heterocycles. The van der Waals surface area contributed by atoms with Crippen molar-refractivity contribution in [2.45, 2.75) is 52.6 Å². The van der Waals surface area contributed by atoms with Gasteiger partial charge in [0.1, 0.15) is 5.75 Å². The van der Waals surface area contributed by atoms with Gasteiger partial charge in [-0.25, -0.2) is 0 Å². The summed E-state index contributed by atoms with van der Waals surface area (Å²) < 4.78 is 7.19. The van der Waals surface area contributed by atoms with Gasteiger partial charge in [0.05, 0.1) is 24.0 Å². The SMILES string of the molecule is C#C.CC(C)(C)O.Cc1cccc2c(-c3ccc4c(c3)CCCO4)c(CC(=O)O)n(C)c(=O)c12. The highest BCUT2D eigenvalue weighted by atomic mass is 16.5. The molecule has 6 nitrogen and oxygen atoms in total. The van der Waals surface area contributed by atoms with Crippen LogP contribution < -0.4 is 10.3 Å². The van der Waals surface area contributed by atoms with Gasteiger partial charge in [-0.05, 0) is 74.7 Å². The minimum atomic E-state index is -0.959. The summed E-state index contributed by atoms with van der Waals surface area (Å²) in [5, 5.41) is 19.4. The first-order valence-electron chi connectivity index (χ1n) is 11.1. The Kier molecular flexibility index (Phi) is 8.67. The third-order valence-corrected chi connectivity index (χ3v) is 5.27. The van der Waals surface area contributed by atoms with E-state index in [1.54, 1.807) is 27.8 Å². The number of aromatic nitrogens is 1. The van der Waals surface area contributed by atoms with Crippen LogP contribution in [0.3, 0.4) is 0 Å². The van der Waals surface area contributed by atoms with Crippen LogP contribution in [0.5, 0.6) is 5.75 Å². The van der Waals surface area contributed by atoms with Gasteiger partial charge in [0.2, 0.25) is 0 Å². The zero-order valence-corrected chi connectivity index (χ0v) is 20.5. The average molecular weight is 464 g/mol. The molecule has 6 heteroatoms. The monoisotopic (exact) mass is 463 g/mol. The fourth-order valence-corrected chi connectivity index (χ4v) is 3.96. The number of hydrogen-bond acceptors (Lipinski definition) is 4. The summed E-state index contributed by atoms with van der Waals surface area (Å²) in [5.74, 6) is -0.0744. The minimum absolute atomic E-state index is 0.163. The summed E-state index contributed by atoms with van der Waals surface area (Å²) >= 11 is 0. The molecule has 0 bridgehead atoms. The fraction of sp³-hybridized carbons (Fsp3) is 0.357. The van der Waals surface area contributed by atoms with Gasteiger partial charge in [-0.1, -0.05) is 24.3 Å². The molecule has 2 N–H and O–H groups in total. The largest absolute Gasteiger partial charge is 0.493 e. The third kappa shape index (κ3) is 6.27. The maximum absolute atomic E-state index is 12.9. The van der Waals surface area contributed by atoms with Crippen LogP contribution in [-0.2, 0) is 24.7 Å². The lowest BCUT2D eigenvalue weighted by Crippen LogP contribution is -2.24. The normalized spacial score (nSPS) is 12.4. The van der Waals surface area contributed by atoms with E-state index in [0.717, 1.165) is 52.8 Å². The first-order chi connectivity index (χ1) is 16.0. The lowest BCUT2D eigenvalue weighted by Gasteiger charge is -2.21. The van der Waals surface area contributed by atoms with Crippen LogP contribution in [0.2, 0.25) is 0 Å². The molecule has 0 atom stereocenters. The summed E-state index contributed by atoms with van der Waals surface area (Å²) in [6.45, 7) is 7.86. The zero-order chi connectivity index (χ0) is 25.6. The van der Waals surface area contributed by atoms with E-state index in [1.807, 2.05) is 37.3 Å². The van der Waals surface area contributed by atoms with E-state index in [-0.39, 0.29) is 12.0 Å². The Morgan fingerprint density at radius 1 is 1.18 bits per heavy atom. The maximum atomic E-state index is 12.9. The molecule has 34 heavy (non-hydrogen) atoms. The lowest BCUT2D eigenvalue weighted by molar-refractivity contribution is -0.136. The van der Waals surface area contributed by atoms with Crippen molar-refractivity contribution in [3.05, 3.63) is 63.6 Å². The van der Waals surface area contributed by atoms with Gasteiger partial charge in [-0.2, -0.15) is 0 Å². The first-order valence-corrected chi connectivity index (χ1v) is 11.1. The quantitative estimate of drug-likeness (QED) is 0.559. The van der Waals surface area contributed by atoms with Crippen LogP contribution in [0, 0.1) is 19.8 Å². The van der Waals surface area contributed by atoms with E-state index in [1.165, 1.54) is 4.57 Å². The number of rotatable bonds is 3. The number of ether oxygens (including phenoxy) is 1. The van der Waals surface area contributed by atoms with E-state index < -0.39 is 11.6 Å². The molecule has 0 saturated heterocycles. The Balaban J connectivity index is 0.000000520. The summed E-state index contributed by atoms with van der Waals surface area (Å²) in [6.07, 6.45) is 9.68. The van der Waals surface area contributed by atoms with Crippen molar-refractivity contribution in [2.24, 2.45) is 7.05 Å². The summed E-state index contributed by atoms with van der Waals surface area (Å²) in [6, 6.07) is 11.7. The Morgan fingerprint density at radius 3 is 2.44 bits per heavy atom. The molecule has 3 aromatic rings. The first kappa shape index (κ1) is 26.7. The number of carboxylic acid groups (broad SMARTS) is 1. The molecule has 0 amide bonds. The number of terminal acetylenes is 1. The van der Waals surface area contributed by atoms with Gasteiger partial charge in [0.15, 0.2) is 0 Å². The van der Waals surface area contributed by atoms with Crippen molar-refractivity contribution in [3.8, 4) is 29.7 Å². The molecule has 180 valence electrons. The van der Waals surface area contributed by atoms with E-state index in [9.17, 15) is 14.7 Å². The van der Waals surface area contributed by atoms with Crippen molar-refractivity contribution < 1.29 is 19.7 Å². The molecule has 0 unspecified atom stereocenters. The predicted molar refractivity (Wildman–Crippen MR) is 136 cm³/mol. The van der Waals surface area contributed by atoms with Crippen molar-refractivity contribution in [1.82, 2.24) is 4.57 Å². The molecule has 0 aliphatic carbocycles. The average Bonchev–Trinajstić information content (AvgIpc) is 2.77. The van der Waals surface area contributed by atoms with Gasteiger partial charge >= 0.3 is 5.97 Å². The summed E-state index contributed by atoms with van der Waals surface area (Å²) in [4.78, 5) is 24.4. The van der Waals surface area contributed by atoms with Crippen LogP contribution in [0.1, 0.15) is 44.0 Å². The molecule has 0 spiro atoms. The van der Waals surface area contributed by atoms with Gasteiger partial charge < -0.3 is 19.5 Å². The molecular formula is C28H33NO5. The Bertz CT molecular complexity index is 1260. The maximum Gasteiger partial charge on any atom is 0.309 e. The third-order valence-electron chi connectivity index (χ3n) is 5.27. The topological polar surface area (TPSA) is 88.8 Å². The fourth-order valence-electron chi connectivity index (χ4n) is 3.96. The Morgan fingerprint density at radius 2 is 1.82 bits per heavy atom.